The van der Waals surface area contributed by atoms with Gasteiger partial charge in [-0.05, 0) is 51.3 Å². The fraction of sp³-hybridized carbons (Fsp3) is 0.438. The van der Waals surface area contributed by atoms with Gasteiger partial charge in [-0.2, -0.15) is 0 Å². The quantitative estimate of drug-likeness (QED) is 0.821. The highest BCUT2D eigenvalue weighted by Crippen LogP contribution is 2.20. The number of benzene rings is 1. The zero-order chi connectivity index (χ0) is 15.3. The summed E-state index contributed by atoms with van der Waals surface area (Å²) < 4.78 is 11.0. The second-order valence-corrected chi connectivity index (χ2v) is 6.73. The molecule has 0 bridgehead atoms. The maximum Gasteiger partial charge on any atom is 0.174 e. The number of nitrogens with zero attached hydrogens (tertiary/aromatic N) is 1. The number of nitrogens with one attached hydrogen (secondary N) is 1. The van der Waals surface area contributed by atoms with Crippen molar-refractivity contribution >= 4 is 11.8 Å². The molecule has 5 heteroatoms. The van der Waals surface area contributed by atoms with Crippen LogP contribution in [0.3, 0.4) is 0 Å². The maximum absolute atomic E-state index is 5.69. The van der Waals surface area contributed by atoms with Gasteiger partial charge >= 0.3 is 0 Å². The molecule has 0 atom stereocenters. The lowest BCUT2D eigenvalue weighted by Crippen LogP contribution is -2.35. The summed E-state index contributed by atoms with van der Waals surface area (Å²) in [6, 6.07) is 9.93. The van der Waals surface area contributed by atoms with Crippen LogP contribution in [0.15, 0.2) is 39.8 Å². The molecule has 0 spiro atoms. The van der Waals surface area contributed by atoms with E-state index in [1.54, 1.807) is 11.8 Å². The minimum absolute atomic E-state index is 0.0641. The molecule has 1 aromatic heterocycles. The Morgan fingerprint density at radius 1 is 1.24 bits per heavy atom. The Morgan fingerprint density at radius 3 is 2.57 bits per heavy atom. The van der Waals surface area contributed by atoms with Crippen LogP contribution in [-0.2, 0) is 13.2 Å². The fourth-order valence-corrected chi connectivity index (χ4v) is 2.10. The Bertz CT molecular complexity index is 558. The van der Waals surface area contributed by atoms with E-state index in [4.69, 9.17) is 9.26 Å². The SMILES string of the molecule is CSc1ccc(OCc2cc(CNC(C)(C)C)no2)cc1. The summed E-state index contributed by atoms with van der Waals surface area (Å²) in [6.07, 6.45) is 2.05. The van der Waals surface area contributed by atoms with Crippen molar-refractivity contribution in [3.05, 3.63) is 41.8 Å². The topological polar surface area (TPSA) is 47.3 Å². The molecule has 1 aromatic carbocycles. The summed E-state index contributed by atoms with van der Waals surface area (Å²) in [5.41, 5.74) is 0.954. The smallest absolute Gasteiger partial charge is 0.174 e. The van der Waals surface area contributed by atoms with Gasteiger partial charge in [-0.15, -0.1) is 11.8 Å². The Labute approximate surface area is 130 Å². The maximum atomic E-state index is 5.69. The first-order valence-corrected chi connectivity index (χ1v) is 8.15. The van der Waals surface area contributed by atoms with Crippen LogP contribution in [0, 0.1) is 0 Å². The number of hydrogen-bond acceptors (Lipinski definition) is 5. The lowest BCUT2D eigenvalue weighted by Gasteiger charge is -2.19. The molecule has 0 aliphatic carbocycles. The minimum Gasteiger partial charge on any atom is -0.486 e. The second kappa shape index (κ2) is 7.00. The van der Waals surface area contributed by atoms with E-state index in [1.165, 1.54) is 4.90 Å². The van der Waals surface area contributed by atoms with Crippen molar-refractivity contribution in [2.45, 2.75) is 44.4 Å². The number of ether oxygens (including phenoxy) is 1. The molecule has 114 valence electrons. The standard InChI is InChI=1S/C16H22N2O2S/c1-16(2,3)17-10-12-9-14(20-18-12)11-19-13-5-7-15(21-4)8-6-13/h5-9,17H,10-11H2,1-4H3. The minimum atomic E-state index is 0.0641. The van der Waals surface area contributed by atoms with E-state index in [1.807, 2.05) is 30.3 Å². The Balaban J connectivity index is 1.84. The van der Waals surface area contributed by atoms with Gasteiger partial charge in [0.05, 0.1) is 5.69 Å². The van der Waals surface area contributed by atoms with Crippen LogP contribution >= 0.6 is 11.8 Å². The predicted octanol–water partition coefficient (Wildman–Crippen LogP) is 3.86. The average Bonchev–Trinajstić information content (AvgIpc) is 2.91. The second-order valence-electron chi connectivity index (χ2n) is 5.85. The van der Waals surface area contributed by atoms with E-state index in [0.29, 0.717) is 13.2 Å². The highest BCUT2D eigenvalue weighted by molar-refractivity contribution is 7.98. The molecule has 0 aliphatic rings. The molecular weight excluding hydrogens is 284 g/mol. The van der Waals surface area contributed by atoms with Gasteiger partial charge in [0.2, 0.25) is 0 Å². The highest BCUT2D eigenvalue weighted by atomic mass is 32.2. The molecule has 21 heavy (non-hydrogen) atoms. The largest absolute Gasteiger partial charge is 0.486 e. The van der Waals surface area contributed by atoms with Gasteiger partial charge in [-0.1, -0.05) is 5.16 Å². The summed E-state index contributed by atoms with van der Waals surface area (Å²) in [7, 11) is 0. The van der Waals surface area contributed by atoms with Crippen LogP contribution in [-0.4, -0.2) is 17.0 Å². The number of hydrogen-bond donors (Lipinski definition) is 1. The van der Waals surface area contributed by atoms with E-state index in [-0.39, 0.29) is 5.54 Å². The molecule has 4 nitrogen and oxygen atoms in total. The van der Waals surface area contributed by atoms with Crippen LogP contribution in [0.1, 0.15) is 32.2 Å². The van der Waals surface area contributed by atoms with Gasteiger partial charge in [-0.25, -0.2) is 0 Å². The van der Waals surface area contributed by atoms with Crippen LogP contribution in [0.4, 0.5) is 0 Å². The van der Waals surface area contributed by atoms with Gasteiger partial charge in [-0.3, -0.25) is 0 Å². The van der Waals surface area contributed by atoms with E-state index in [2.05, 4.69) is 37.5 Å². The van der Waals surface area contributed by atoms with Gasteiger partial charge in [0.25, 0.3) is 0 Å². The fourth-order valence-electron chi connectivity index (χ4n) is 1.69. The summed E-state index contributed by atoms with van der Waals surface area (Å²) in [5.74, 6) is 1.56. The van der Waals surface area contributed by atoms with Crippen LogP contribution < -0.4 is 10.1 Å². The predicted molar refractivity (Wildman–Crippen MR) is 85.7 cm³/mol. The van der Waals surface area contributed by atoms with Crippen LogP contribution in [0.5, 0.6) is 5.75 Å². The lowest BCUT2D eigenvalue weighted by atomic mass is 10.1. The Kier molecular flexibility index (Phi) is 5.31. The van der Waals surface area contributed by atoms with Crippen molar-refractivity contribution in [3.63, 3.8) is 0 Å². The summed E-state index contributed by atoms with van der Waals surface area (Å²) in [4.78, 5) is 1.22. The summed E-state index contributed by atoms with van der Waals surface area (Å²) in [6.45, 7) is 7.44. The molecule has 0 unspecified atom stereocenters. The average molecular weight is 306 g/mol. The molecule has 2 rings (SSSR count). The Hall–Kier alpha value is -1.46. The lowest BCUT2D eigenvalue weighted by molar-refractivity contribution is 0.248. The first kappa shape index (κ1) is 15.9. The molecule has 1 heterocycles. The van der Waals surface area contributed by atoms with Crippen molar-refractivity contribution in [2.75, 3.05) is 6.26 Å². The van der Waals surface area contributed by atoms with Crippen molar-refractivity contribution in [3.8, 4) is 5.75 Å². The van der Waals surface area contributed by atoms with Crippen LogP contribution in [0.25, 0.3) is 0 Å². The van der Waals surface area contributed by atoms with Crippen LogP contribution in [0.2, 0.25) is 0 Å². The third-order valence-electron chi connectivity index (χ3n) is 2.85. The number of aromatic nitrogens is 1. The molecule has 0 saturated heterocycles. The summed E-state index contributed by atoms with van der Waals surface area (Å²) in [5, 5.41) is 7.41. The first-order chi connectivity index (χ1) is 9.96. The zero-order valence-electron chi connectivity index (χ0n) is 13.0. The van der Waals surface area contributed by atoms with E-state index in [0.717, 1.165) is 17.2 Å². The molecular formula is C16H22N2O2S. The normalized spacial score (nSPS) is 11.6. The van der Waals surface area contributed by atoms with Crippen molar-refractivity contribution < 1.29 is 9.26 Å². The van der Waals surface area contributed by atoms with Gasteiger partial charge in [0.1, 0.15) is 12.4 Å². The molecule has 1 N–H and O–H groups in total. The molecule has 0 radical (unpaired) electrons. The monoisotopic (exact) mass is 306 g/mol. The molecule has 2 aromatic rings. The summed E-state index contributed by atoms with van der Waals surface area (Å²) >= 11 is 1.71. The zero-order valence-corrected chi connectivity index (χ0v) is 13.8. The van der Waals surface area contributed by atoms with Gasteiger partial charge in [0.15, 0.2) is 5.76 Å². The number of rotatable bonds is 6. The Morgan fingerprint density at radius 2 is 1.95 bits per heavy atom. The number of thioether (sulfide) groups is 1. The molecule has 0 saturated carbocycles. The third-order valence-corrected chi connectivity index (χ3v) is 3.59. The van der Waals surface area contributed by atoms with Crippen molar-refractivity contribution in [2.24, 2.45) is 0 Å². The van der Waals surface area contributed by atoms with Gasteiger partial charge in [0, 0.05) is 23.0 Å². The van der Waals surface area contributed by atoms with E-state index < -0.39 is 0 Å². The first-order valence-electron chi connectivity index (χ1n) is 6.92. The van der Waals surface area contributed by atoms with Crippen molar-refractivity contribution in [1.29, 1.82) is 0 Å². The van der Waals surface area contributed by atoms with Gasteiger partial charge < -0.3 is 14.6 Å². The highest BCUT2D eigenvalue weighted by Gasteiger charge is 2.11. The molecule has 0 amide bonds. The van der Waals surface area contributed by atoms with Crippen molar-refractivity contribution in [1.82, 2.24) is 10.5 Å². The van der Waals surface area contributed by atoms with E-state index >= 15 is 0 Å². The molecule has 0 aliphatic heterocycles. The third kappa shape index (κ3) is 5.44. The molecule has 0 fully saturated rings. The van der Waals surface area contributed by atoms with E-state index in [9.17, 15) is 0 Å².